The number of carbonyl (C=O) groups excluding carboxylic acids is 1. The molecule has 0 spiro atoms. The van der Waals surface area contributed by atoms with Crippen molar-refractivity contribution in [2.45, 2.75) is 31.2 Å². The van der Waals surface area contributed by atoms with Gasteiger partial charge in [-0.15, -0.1) is 0 Å². The molecule has 1 aromatic carbocycles. The summed E-state index contributed by atoms with van der Waals surface area (Å²) in [5.41, 5.74) is 1.51. The molecule has 5 heteroatoms. The highest BCUT2D eigenvalue weighted by Crippen LogP contribution is 2.41. The first-order chi connectivity index (χ1) is 10.1. The molecule has 3 atom stereocenters. The van der Waals surface area contributed by atoms with Crippen LogP contribution in [0.25, 0.3) is 0 Å². The SMILES string of the molecule is O=C(O)C1CN(C(=O)N2CC3CCC2C3)c2ccccc21. The van der Waals surface area contributed by atoms with E-state index in [1.807, 2.05) is 29.2 Å². The van der Waals surface area contributed by atoms with Crippen LogP contribution >= 0.6 is 0 Å². The number of anilines is 1. The van der Waals surface area contributed by atoms with Crippen molar-refractivity contribution >= 4 is 17.7 Å². The molecule has 3 unspecified atom stereocenters. The van der Waals surface area contributed by atoms with Crippen LogP contribution in [0, 0.1) is 5.92 Å². The van der Waals surface area contributed by atoms with Gasteiger partial charge in [0, 0.05) is 24.8 Å². The molecule has 2 fully saturated rings. The number of carboxylic acid groups (broad SMARTS) is 1. The summed E-state index contributed by atoms with van der Waals surface area (Å²) in [6.07, 6.45) is 3.43. The molecule has 1 saturated carbocycles. The Morgan fingerprint density at radius 3 is 2.62 bits per heavy atom. The monoisotopic (exact) mass is 286 g/mol. The van der Waals surface area contributed by atoms with Gasteiger partial charge in [0.05, 0.1) is 0 Å². The smallest absolute Gasteiger partial charge is 0.324 e. The van der Waals surface area contributed by atoms with E-state index in [0.29, 0.717) is 12.0 Å². The molecule has 2 amide bonds. The minimum absolute atomic E-state index is 0.0154. The number of piperidine rings is 1. The number of aliphatic carboxylic acids is 1. The maximum Gasteiger partial charge on any atom is 0.324 e. The number of nitrogens with zero attached hydrogens (tertiary/aromatic N) is 2. The van der Waals surface area contributed by atoms with E-state index in [2.05, 4.69) is 0 Å². The van der Waals surface area contributed by atoms with Crippen LogP contribution in [0.4, 0.5) is 10.5 Å². The fourth-order valence-corrected chi connectivity index (χ4v) is 4.11. The van der Waals surface area contributed by atoms with Crippen LogP contribution in [0.5, 0.6) is 0 Å². The summed E-state index contributed by atoms with van der Waals surface area (Å²) in [5, 5.41) is 9.38. The molecule has 2 bridgehead atoms. The van der Waals surface area contributed by atoms with Gasteiger partial charge in [0.15, 0.2) is 0 Å². The molecule has 5 nitrogen and oxygen atoms in total. The maximum atomic E-state index is 12.8. The Bertz CT molecular complexity index is 615. The Hall–Kier alpha value is -2.04. The van der Waals surface area contributed by atoms with Crippen LogP contribution < -0.4 is 4.90 Å². The number of carboxylic acids is 1. The Balaban J connectivity index is 1.64. The highest BCUT2D eigenvalue weighted by Gasteiger charge is 2.44. The zero-order valence-corrected chi connectivity index (χ0v) is 11.7. The Kier molecular flexibility index (Phi) is 2.71. The molecule has 1 saturated heterocycles. The summed E-state index contributed by atoms with van der Waals surface area (Å²) in [7, 11) is 0. The van der Waals surface area contributed by atoms with Crippen LogP contribution in [0.2, 0.25) is 0 Å². The normalized spacial score (nSPS) is 29.8. The molecule has 21 heavy (non-hydrogen) atoms. The number of hydrogen-bond donors (Lipinski definition) is 1. The molecule has 3 aliphatic rings. The number of likely N-dealkylation sites (tertiary alicyclic amines) is 1. The lowest BCUT2D eigenvalue weighted by Gasteiger charge is -2.31. The van der Waals surface area contributed by atoms with E-state index >= 15 is 0 Å². The lowest BCUT2D eigenvalue weighted by atomic mass is 10.0. The summed E-state index contributed by atoms with van der Waals surface area (Å²) < 4.78 is 0. The molecule has 0 aromatic heterocycles. The Morgan fingerprint density at radius 1 is 1.14 bits per heavy atom. The third kappa shape index (κ3) is 1.83. The van der Waals surface area contributed by atoms with Crippen molar-refractivity contribution in [1.82, 2.24) is 4.90 Å². The van der Waals surface area contributed by atoms with Crippen molar-refractivity contribution in [3.63, 3.8) is 0 Å². The number of para-hydroxylation sites is 1. The first kappa shape index (κ1) is 12.7. The van der Waals surface area contributed by atoms with E-state index < -0.39 is 11.9 Å². The van der Waals surface area contributed by atoms with E-state index in [4.69, 9.17) is 0 Å². The molecule has 1 aromatic rings. The lowest BCUT2D eigenvalue weighted by Crippen LogP contribution is -2.46. The predicted molar refractivity (Wildman–Crippen MR) is 77.4 cm³/mol. The minimum atomic E-state index is -0.860. The van der Waals surface area contributed by atoms with Gasteiger partial charge in [-0.3, -0.25) is 9.69 Å². The fraction of sp³-hybridized carbons (Fsp3) is 0.500. The third-order valence-electron chi connectivity index (χ3n) is 5.15. The number of rotatable bonds is 1. The fourth-order valence-electron chi connectivity index (χ4n) is 4.11. The molecule has 1 N–H and O–H groups in total. The lowest BCUT2D eigenvalue weighted by molar-refractivity contribution is -0.138. The van der Waals surface area contributed by atoms with E-state index in [0.717, 1.165) is 30.6 Å². The zero-order chi connectivity index (χ0) is 14.6. The van der Waals surface area contributed by atoms with Crippen LogP contribution in [0.3, 0.4) is 0 Å². The van der Waals surface area contributed by atoms with Crippen molar-refractivity contribution in [2.75, 3.05) is 18.0 Å². The molecular formula is C16H18N2O3. The third-order valence-corrected chi connectivity index (χ3v) is 5.15. The molecule has 2 heterocycles. The quantitative estimate of drug-likeness (QED) is 0.861. The number of urea groups is 1. The average molecular weight is 286 g/mol. The second-order valence-corrected chi connectivity index (χ2v) is 6.33. The molecular weight excluding hydrogens is 268 g/mol. The largest absolute Gasteiger partial charge is 0.481 e. The second kappa shape index (κ2) is 4.48. The van der Waals surface area contributed by atoms with Crippen LogP contribution in [0.15, 0.2) is 24.3 Å². The first-order valence-electron chi connectivity index (χ1n) is 7.55. The number of hydrogen-bond acceptors (Lipinski definition) is 2. The minimum Gasteiger partial charge on any atom is -0.481 e. The summed E-state index contributed by atoms with van der Waals surface area (Å²) in [4.78, 5) is 27.9. The van der Waals surface area contributed by atoms with Crippen LogP contribution in [-0.4, -0.2) is 41.1 Å². The van der Waals surface area contributed by atoms with Gasteiger partial charge >= 0.3 is 12.0 Å². The molecule has 2 aliphatic heterocycles. The topological polar surface area (TPSA) is 60.9 Å². The van der Waals surface area contributed by atoms with Crippen LogP contribution in [0.1, 0.15) is 30.7 Å². The summed E-state index contributed by atoms with van der Waals surface area (Å²) in [6, 6.07) is 7.71. The second-order valence-electron chi connectivity index (χ2n) is 6.33. The van der Waals surface area contributed by atoms with Crippen molar-refractivity contribution in [1.29, 1.82) is 0 Å². The predicted octanol–water partition coefficient (Wildman–Crippen LogP) is 2.28. The number of carbonyl (C=O) groups is 2. The van der Waals surface area contributed by atoms with Crippen molar-refractivity contribution in [2.24, 2.45) is 5.92 Å². The van der Waals surface area contributed by atoms with Crippen molar-refractivity contribution in [3.05, 3.63) is 29.8 Å². The van der Waals surface area contributed by atoms with Gasteiger partial charge < -0.3 is 10.0 Å². The van der Waals surface area contributed by atoms with E-state index in [1.54, 1.807) is 4.90 Å². The summed E-state index contributed by atoms with van der Waals surface area (Å²) >= 11 is 0. The number of fused-ring (bicyclic) bond motifs is 3. The van der Waals surface area contributed by atoms with Gasteiger partial charge in [0.1, 0.15) is 5.92 Å². The molecule has 4 rings (SSSR count). The van der Waals surface area contributed by atoms with Gasteiger partial charge in [0.25, 0.3) is 0 Å². The number of benzene rings is 1. The van der Waals surface area contributed by atoms with Crippen LogP contribution in [-0.2, 0) is 4.79 Å². The summed E-state index contributed by atoms with van der Waals surface area (Å²) in [6.45, 7) is 1.08. The molecule has 110 valence electrons. The van der Waals surface area contributed by atoms with E-state index in [9.17, 15) is 14.7 Å². The van der Waals surface area contributed by atoms with Crippen molar-refractivity contribution < 1.29 is 14.7 Å². The maximum absolute atomic E-state index is 12.8. The van der Waals surface area contributed by atoms with Gasteiger partial charge in [-0.05, 0) is 36.8 Å². The van der Waals surface area contributed by atoms with E-state index in [1.165, 1.54) is 6.42 Å². The Labute approximate surface area is 123 Å². The average Bonchev–Trinajstić information content (AvgIpc) is 3.19. The van der Waals surface area contributed by atoms with Gasteiger partial charge in [-0.2, -0.15) is 0 Å². The standard InChI is InChI=1S/C16H18N2O3/c19-15(20)13-9-18(14-4-2-1-3-12(13)14)16(21)17-8-10-5-6-11(17)7-10/h1-4,10-11,13H,5-9H2,(H,19,20). The summed E-state index contributed by atoms with van der Waals surface area (Å²) in [5.74, 6) is -0.822. The first-order valence-corrected chi connectivity index (χ1v) is 7.55. The number of amides is 2. The zero-order valence-electron chi connectivity index (χ0n) is 11.7. The molecule has 1 aliphatic carbocycles. The highest BCUT2D eigenvalue weighted by atomic mass is 16.4. The highest BCUT2D eigenvalue weighted by molar-refractivity contribution is 5.98. The van der Waals surface area contributed by atoms with Gasteiger partial charge in [-0.1, -0.05) is 18.2 Å². The van der Waals surface area contributed by atoms with E-state index in [-0.39, 0.29) is 12.6 Å². The molecule has 0 radical (unpaired) electrons. The van der Waals surface area contributed by atoms with Gasteiger partial charge in [0.2, 0.25) is 0 Å². The Morgan fingerprint density at radius 2 is 1.95 bits per heavy atom. The van der Waals surface area contributed by atoms with Crippen molar-refractivity contribution in [3.8, 4) is 0 Å². The van der Waals surface area contributed by atoms with Gasteiger partial charge in [-0.25, -0.2) is 4.79 Å².